The third-order valence-electron chi connectivity index (χ3n) is 3.58. The summed E-state index contributed by atoms with van der Waals surface area (Å²) in [5, 5.41) is 3.02. The van der Waals surface area contributed by atoms with Gasteiger partial charge in [0, 0.05) is 33.4 Å². The fourth-order valence-electron chi connectivity index (χ4n) is 2.09. The number of aliphatic imine (C=N–C) groups is 1. The van der Waals surface area contributed by atoms with Crippen LogP contribution in [0.25, 0.3) is 0 Å². The molecule has 1 saturated carbocycles. The predicted molar refractivity (Wildman–Crippen MR) is 91.9 cm³/mol. The zero-order chi connectivity index (χ0) is 16.3. The highest BCUT2D eigenvalue weighted by molar-refractivity contribution is 6.34. The molecule has 1 aromatic rings. The minimum absolute atomic E-state index is 0.158. The molecule has 0 radical (unpaired) electrons. The maximum absolute atomic E-state index is 11.4. The number of guanidine groups is 1. The van der Waals surface area contributed by atoms with E-state index in [0.29, 0.717) is 17.5 Å². The summed E-state index contributed by atoms with van der Waals surface area (Å²) in [7, 11) is 5.42. The van der Waals surface area contributed by atoms with E-state index < -0.39 is 6.03 Å². The minimum Gasteiger partial charge on any atom is -0.378 e. The molecule has 120 valence electrons. The van der Waals surface area contributed by atoms with Crippen LogP contribution in [0.1, 0.15) is 12.8 Å². The molecule has 1 aliphatic rings. The zero-order valence-electron chi connectivity index (χ0n) is 13.1. The Bertz CT molecular complexity index is 583. The van der Waals surface area contributed by atoms with Crippen molar-refractivity contribution >= 4 is 35.0 Å². The van der Waals surface area contributed by atoms with Crippen LogP contribution in [0.2, 0.25) is 5.02 Å². The van der Waals surface area contributed by atoms with Gasteiger partial charge in [0.25, 0.3) is 0 Å². The second-order valence-electron chi connectivity index (χ2n) is 5.61. The van der Waals surface area contributed by atoms with Gasteiger partial charge in [-0.2, -0.15) is 4.99 Å². The highest BCUT2D eigenvalue weighted by atomic mass is 35.5. The molecule has 2 amide bonds. The SMILES string of the molecule is CNC(=O)N=C(N)N(CC1CC1)c1ccc(N(C)C)cc1Cl. The molecule has 0 aromatic heterocycles. The second kappa shape index (κ2) is 6.87. The molecular formula is C15H22ClN5O. The first kappa shape index (κ1) is 16.4. The first-order valence-corrected chi connectivity index (χ1v) is 7.60. The average molecular weight is 324 g/mol. The van der Waals surface area contributed by atoms with E-state index in [1.165, 1.54) is 7.05 Å². The number of hydrogen-bond donors (Lipinski definition) is 2. The van der Waals surface area contributed by atoms with Crippen molar-refractivity contribution in [2.45, 2.75) is 12.8 Å². The number of urea groups is 1. The summed E-state index contributed by atoms with van der Waals surface area (Å²) in [5.41, 5.74) is 7.78. The average Bonchev–Trinajstić information content (AvgIpc) is 3.28. The minimum atomic E-state index is -0.473. The number of amides is 2. The van der Waals surface area contributed by atoms with Gasteiger partial charge in [-0.05, 0) is 37.0 Å². The van der Waals surface area contributed by atoms with Gasteiger partial charge in [-0.3, -0.25) is 0 Å². The lowest BCUT2D eigenvalue weighted by molar-refractivity contribution is 0.251. The van der Waals surface area contributed by atoms with E-state index >= 15 is 0 Å². The number of carbonyl (C=O) groups excluding carboxylic acids is 1. The number of carbonyl (C=O) groups is 1. The van der Waals surface area contributed by atoms with Gasteiger partial charge >= 0.3 is 6.03 Å². The van der Waals surface area contributed by atoms with Crippen LogP contribution in [0.3, 0.4) is 0 Å². The molecule has 0 atom stereocenters. The lowest BCUT2D eigenvalue weighted by atomic mass is 10.2. The predicted octanol–water partition coefficient (Wildman–Crippen LogP) is 2.28. The molecule has 0 aliphatic heterocycles. The smallest absolute Gasteiger partial charge is 0.343 e. The normalized spacial score (nSPS) is 14.6. The molecule has 1 aliphatic carbocycles. The summed E-state index contributed by atoms with van der Waals surface area (Å²) in [4.78, 5) is 19.1. The molecule has 1 aromatic carbocycles. The number of rotatable bonds is 4. The lowest BCUT2D eigenvalue weighted by Crippen LogP contribution is -2.40. The summed E-state index contributed by atoms with van der Waals surface area (Å²) in [6, 6.07) is 5.28. The zero-order valence-corrected chi connectivity index (χ0v) is 13.9. The van der Waals surface area contributed by atoms with E-state index in [1.54, 1.807) is 0 Å². The van der Waals surface area contributed by atoms with Gasteiger partial charge in [0.15, 0.2) is 0 Å². The number of nitrogens with one attached hydrogen (secondary N) is 1. The monoisotopic (exact) mass is 323 g/mol. The molecule has 0 saturated heterocycles. The molecule has 1 fully saturated rings. The van der Waals surface area contributed by atoms with E-state index in [-0.39, 0.29) is 5.96 Å². The molecule has 0 spiro atoms. The highest BCUT2D eigenvalue weighted by Crippen LogP contribution is 2.35. The Kier molecular flexibility index (Phi) is 5.13. The summed E-state index contributed by atoms with van der Waals surface area (Å²) >= 11 is 6.41. The van der Waals surface area contributed by atoms with Crippen LogP contribution in [0.5, 0.6) is 0 Å². The Morgan fingerprint density at radius 1 is 1.45 bits per heavy atom. The van der Waals surface area contributed by atoms with Crippen molar-refractivity contribution in [3.8, 4) is 0 Å². The Hall–Kier alpha value is -1.95. The number of nitrogens with zero attached hydrogens (tertiary/aromatic N) is 3. The van der Waals surface area contributed by atoms with Crippen molar-refractivity contribution < 1.29 is 4.79 Å². The van der Waals surface area contributed by atoms with Crippen LogP contribution in [0, 0.1) is 5.92 Å². The maximum Gasteiger partial charge on any atom is 0.343 e. The number of halogens is 1. The van der Waals surface area contributed by atoms with Crippen molar-refractivity contribution in [1.29, 1.82) is 0 Å². The number of hydrogen-bond acceptors (Lipinski definition) is 2. The second-order valence-corrected chi connectivity index (χ2v) is 6.02. The van der Waals surface area contributed by atoms with Gasteiger partial charge in [-0.1, -0.05) is 11.6 Å². The van der Waals surface area contributed by atoms with E-state index in [9.17, 15) is 4.79 Å². The van der Waals surface area contributed by atoms with Crippen molar-refractivity contribution in [2.75, 3.05) is 37.5 Å². The van der Waals surface area contributed by atoms with Crippen LogP contribution in [-0.2, 0) is 0 Å². The third-order valence-corrected chi connectivity index (χ3v) is 3.89. The van der Waals surface area contributed by atoms with Gasteiger partial charge in [-0.25, -0.2) is 4.79 Å². The molecule has 2 rings (SSSR count). The fourth-order valence-corrected chi connectivity index (χ4v) is 2.36. The number of benzene rings is 1. The Morgan fingerprint density at radius 3 is 2.64 bits per heavy atom. The Balaban J connectivity index is 2.32. The van der Waals surface area contributed by atoms with Crippen molar-refractivity contribution in [1.82, 2.24) is 5.32 Å². The summed E-state index contributed by atoms with van der Waals surface area (Å²) in [6.07, 6.45) is 2.33. The largest absolute Gasteiger partial charge is 0.378 e. The molecule has 7 heteroatoms. The third kappa shape index (κ3) is 4.04. The van der Waals surface area contributed by atoms with Crippen LogP contribution in [0.4, 0.5) is 16.2 Å². The molecular weight excluding hydrogens is 302 g/mol. The van der Waals surface area contributed by atoms with Crippen molar-refractivity contribution in [2.24, 2.45) is 16.6 Å². The van der Waals surface area contributed by atoms with Gasteiger partial charge < -0.3 is 20.9 Å². The molecule has 22 heavy (non-hydrogen) atoms. The van der Waals surface area contributed by atoms with E-state index in [0.717, 1.165) is 24.2 Å². The molecule has 3 N–H and O–H groups in total. The molecule has 0 heterocycles. The van der Waals surface area contributed by atoms with Gasteiger partial charge in [0.05, 0.1) is 10.7 Å². The number of anilines is 2. The topological polar surface area (TPSA) is 74.0 Å². The van der Waals surface area contributed by atoms with E-state index in [2.05, 4.69) is 10.3 Å². The molecule has 0 unspecified atom stereocenters. The van der Waals surface area contributed by atoms with E-state index in [4.69, 9.17) is 17.3 Å². The maximum atomic E-state index is 11.4. The van der Waals surface area contributed by atoms with Crippen molar-refractivity contribution in [3.63, 3.8) is 0 Å². The quantitative estimate of drug-likeness (QED) is 0.658. The Morgan fingerprint density at radius 2 is 2.14 bits per heavy atom. The first-order chi connectivity index (χ1) is 10.4. The molecule has 0 bridgehead atoms. The van der Waals surface area contributed by atoms with Crippen LogP contribution in [0.15, 0.2) is 23.2 Å². The summed E-state index contributed by atoms with van der Waals surface area (Å²) in [5.74, 6) is 0.730. The van der Waals surface area contributed by atoms with Gasteiger partial charge in [0.2, 0.25) is 5.96 Å². The molecule has 6 nitrogen and oxygen atoms in total. The Labute approximate surface area is 135 Å². The highest BCUT2D eigenvalue weighted by Gasteiger charge is 2.27. The van der Waals surface area contributed by atoms with Crippen LogP contribution < -0.4 is 20.9 Å². The number of nitrogens with two attached hydrogens (primary N) is 1. The van der Waals surface area contributed by atoms with E-state index in [1.807, 2.05) is 42.1 Å². The van der Waals surface area contributed by atoms with Gasteiger partial charge in [-0.15, -0.1) is 0 Å². The standard InChI is InChI=1S/C15H22ClN5O/c1-18-15(22)19-14(17)21(9-10-4-5-10)13-7-6-11(20(2)3)8-12(13)16/h6-8,10H,4-5,9H2,1-3H3,(H3,17,18,19,22). The summed E-state index contributed by atoms with van der Waals surface area (Å²) < 4.78 is 0. The van der Waals surface area contributed by atoms with Crippen LogP contribution >= 0.6 is 11.6 Å². The lowest BCUT2D eigenvalue weighted by Gasteiger charge is -2.25. The van der Waals surface area contributed by atoms with Crippen LogP contribution in [-0.4, -0.2) is 39.7 Å². The fraction of sp³-hybridized carbons (Fsp3) is 0.467. The first-order valence-electron chi connectivity index (χ1n) is 7.22. The van der Waals surface area contributed by atoms with Crippen molar-refractivity contribution in [3.05, 3.63) is 23.2 Å². The summed E-state index contributed by atoms with van der Waals surface area (Å²) in [6.45, 7) is 0.716. The van der Waals surface area contributed by atoms with Gasteiger partial charge in [0.1, 0.15) is 0 Å².